The first-order valence-electron chi connectivity index (χ1n) is 5.93. The Morgan fingerprint density at radius 1 is 1.00 bits per heavy atom. The molecule has 0 spiro atoms. The molecule has 92 valence electrons. The minimum Gasteiger partial charge on any atom is -0.166 e. The van der Waals surface area contributed by atoms with Gasteiger partial charge in [0.25, 0.3) is 0 Å². The molecule has 0 N–H and O–H groups in total. The maximum atomic E-state index is 13.0. The third-order valence-electron chi connectivity index (χ3n) is 3.07. The fraction of sp³-hybridized carbons (Fsp3) is 0.429. The lowest BCUT2D eigenvalue weighted by atomic mass is 9.92. The van der Waals surface area contributed by atoms with Crippen LogP contribution in [0, 0.1) is 0 Å². The molecule has 0 unspecified atom stereocenters. The molecule has 0 radical (unpaired) electrons. The summed E-state index contributed by atoms with van der Waals surface area (Å²) in [5.74, 6) is 0. The minimum absolute atomic E-state index is 0.391. The Morgan fingerprint density at radius 3 is 2.29 bits per heavy atom. The molecule has 2 rings (SSSR count). The Morgan fingerprint density at radius 2 is 1.71 bits per heavy atom. The quantitative estimate of drug-likeness (QED) is 0.614. The zero-order valence-corrected chi connectivity index (χ0v) is 9.56. The summed E-state index contributed by atoms with van der Waals surface area (Å²) in [6.07, 6.45) is 8.02. The Bertz CT molecular complexity index is 406. The molecule has 0 aliphatic heterocycles. The maximum Gasteiger partial charge on any atom is 0.416 e. The van der Waals surface area contributed by atoms with Gasteiger partial charge in [-0.15, -0.1) is 0 Å². The summed E-state index contributed by atoms with van der Waals surface area (Å²) in [6, 6.07) is 0. The molecule has 2 aliphatic carbocycles. The minimum atomic E-state index is -4.24. The van der Waals surface area contributed by atoms with Crippen LogP contribution in [-0.2, 0) is 0 Å². The van der Waals surface area contributed by atoms with E-state index >= 15 is 0 Å². The van der Waals surface area contributed by atoms with Gasteiger partial charge in [-0.1, -0.05) is 30.4 Å². The normalized spacial score (nSPS) is 21.5. The zero-order chi connectivity index (χ0) is 12.3. The number of allylic oxidation sites excluding steroid dienone is 8. The van der Waals surface area contributed by atoms with Crippen molar-refractivity contribution in [3.05, 3.63) is 47.1 Å². The standard InChI is InChI=1S/C14H15F3/c15-14(16,17)13-10-4-2-1-3-9-12(13)11-7-5-6-8-11/h5-7,9-10H,1-4,8H2. The summed E-state index contributed by atoms with van der Waals surface area (Å²) in [4.78, 5) is 0. The van der Waals surface area contributed by atoms with E-state index in [9.17, 15) is 13.2 Å². The summed E-state index contributed by atoms with van der Waals surface area (Å²) in [6.45, 7) is 0. The van der Waals surface area contributed by atoms with Gasteiger partial charge in [0, 0.05) is 0 Å². The topological polar surface area (TPSA) is 0 Å². The number of hydrogen-bond acceptors (Lipinski definition) is 0. The molecule has 0 saturated heterocycles. The molecule has 0 aromatic rings. The fourth-order valence-electron chi connectivity index (χ4n) is 2.22. The first kappa shape index (κ1) is 12.2. The fourth-order valence-corrected chi connectivity index (χ4v) is 2.22. The van der Waals surface area contributed by atoms with Gasteiger partial charge in [0.2, 0.25) is 0 Å². The average molecular weight is 240 g/mol. The molecular weight excluding hydrogens is 225 g/mol. The van der Waals surface area contributed by atoms with Crippen molar-refractivity contribution in [2.75, 3.05) is 0 Å². The molecule has 0 nitrogen and oxygen atoms in total. The van der Waals surface area contributed by atoms with Crippen molar-refractivity contribution in [3.8, 4) is 0 Å². The molecule has 0 fully saturated rings. The molecule has 0 aromatic carbocycles. The molecule has 0 saturated carbocycles. The summed E-state index contributed by atoms with van der Waals surface area (Å²) >= 11 is 0. The highest BCUT2D eigenvalue weighted by Crippen LogP contribution is 2.38. The lowest BCUT2D eigenvalue weighted by molar-refractivity contribution is -0.0894. The summed E-state index contributed by atoms with van der Waals surface area (Å²) in [5, 5.41) is 0. The highest BCUT2D eigenvalue weighted by atomic mass is 19.4. The Balaban J connectivity index is 2.35. The lowest BCUT2D eigenvalue weighted by Crippen LogP contribution is -2.15. The van der Waals surface area contributed by atoms with E-state index in [1.54, 1.807) is 12.2 Å². The number of hydrogen-bond donors (Lipinski definition) is 0. The van der Waals surface area contributed by atoms with Gasteiger partial charge in [-0.2, -0.15) is 13.2 Å². The van der Waals surface area contributed by atoms with Gasteiger partial charge in [0.15, 0.2) is 0 Å². The van der Waals surface area contributed by atoms with Crippen molar-refractivity contribution in [1.29, 1.82) is 0 Å². The average Bonchev–Trinajstić information content (AvgIpc) is 2.67. The van der Waals surface area contributed by atoms with Gasteiger partial charge >= 0.3 is 6.18 Å². The van der Waals surface area contributed by atoms with Crippen LogP contribution in [0.25, 0.3) is 0 Å². The van der Waals surface area contributed by atoms with Gasteiger partial charge in [-0.05, 0) is 43.3 Å². The second kappa shape index (κ2) is 4.94. The third-order valence-corrected chi connectivity index (χ3v) is 3.07. The maximum absolute atomic E-state index is 13.0. The van der Waals surface area contributed by atoms with E-state index in [1.807, 2.05) is 12.2 Å². The van der Waals surface area contributed by atoms with Crippen molar-refractivity contribution in [3.63, 3.8) is 0 Å². The van der Waals surface area contributed by atoms with Crippen molar-refractivity contribution in [2.45, 2.75) is 38.3 Å². The molecule has 3 heteroatoms. The monoisotopic (exact) mass is 240 g/mol. The van der Waals surface area contributed by atoms with Gasteiger partial charge in [-0.3, -0.25) is 0 Å². The SMILES string of the molecule is FC(F)(F)C1=CCCCCC=C1C1=CC=CC1. The van der Waals surface area contributed by atoms with E-state index in [4.69, 9.17) is 0 Å². The highest BCUT2D eigenvalue weighted by Gasteiger charge is 2.36. The molecule has 0 amide bonds. The van der Waals surface area contributed by atoms with Gasteiger partial charge in [0.1, 0.15) is 0 Å². The molecular formula is C14H15F3. The van der Waals surface area contributed by atoms with Crippen molar-refractivity contribution in [1.82, 2.24) is 0 Å². The van der Waals surface area contributed by atoms with E-state index < -0.39 is 11.7 Å². The van der Waals surface area contributed by atoms with Crippen molar-refractivity contribution in [2.24, 2.45) is 0 Å². The van der Waals surface area contributed by atoms with Gasteiger partial charge < -0.3 is 0 Å². The number of halogens is 3. The van der Waals surface area contributed by atoms with Crippen LogP contribution < -0.4 is 0 Å². The molecule has 0 aromatic heterocycles. The Hall–Kier alpha value is -1.25. The van der Waals surface area contributed by atoms with Crippen LogP contribution in [0.4, 0.5) is 13.2 Å². The van der Waals surface area contributed by atoms with E-state index in [2.05, 4.69) is 0 Å². The third kappa shape index (κ3) is 2.90. The predicted octanol–water partition coefficient (Wildman–Crippen LogP) is 4.86. The van der Waals surface area contributed by atoms with Crippen molar-refractivity contribution < 1.29 is 13.2 Å². The zero-order valence-electron chi connectivity index (χ0n) is 9.56. The van der Waals surface area contributed by atoms with Crippen LogP contribution in [-0.4, -0.2) is 6.18 Å². The van der Waals surface area contributed by atoms with E-state index in [0.29, 0.717) is 18.4 Å². The van der Waals surface area contributed by atoms with E-state index in [1.165, 1.54) is 6.08 Å². The number of alkyl halides is 3. The van der Waals surface area contributed by atoms with Gasteiger partial charge in [0.05, 0.1) is 5.57 Å². The van der Waals surface area contributed by atoms with E-state index in [-0.39, 0.29) is 0 Å². The van der Waals surface area contributed by atoms with Crippen LogP contribution in [0.15, 0.2) is 47.1 Å². The molecule has 0 heterocycles. The van der Waals surface area contributed by atoms with E-state index in [0.717, 1.165) is 24.8 Å². The summed E-state index contributed by atoms with van der Waals surface area (Å²) in [5.41, 5.74) is 0.727. The van der Waals surface area contributed by atoms with Crippen LogP contribution in [0.1, 0.15) is 32.1 Å². The van der Waals surface area contributed by atoms with Crippen molar-refractivity contribution >= 4 is 0 Å². The van der Waals surface area contributed by atoms with Gasteiger partial charge in [-0.25, -0.2) is 0 Å². The lowest BCUT2D eigenvalue weighted by Gasteiger charge is -2.18. The van der Waals surface area contributed by atoms with Crippen LogP contribution in [0.2, 0.25) is 0 Å². The highest BCUT2D eigenvalue weighted by molar-refractivity contribution is 5.52. The summed E-state index contributed by atoms with van der Waals surface area (Å²) < 4.78 is 39.0. The van der Waals surface area contributed by atoms with Crippen LogP contribution in [0.3, 0.4) is 0 Å². The molecule has 17 heavy (non-hydrogen) atoms. The first-order chi connectivity index (χ1) is 8.09. The number of rotatable bonds is 1. The summed E-state index contributed by atoms with van der Waals surface area (Å²) in [7, 11) is 0. The predicted molar refractivity (Wildman–Crippen MR) is 62.5 cm³/mol. The first-order valence-corrected chi connectivity index (χ1v) is 5.93. The molecule has 2 aliphatic rings. The van der Waals surface area contributed by atoms with Crippen LogP contribution >= 0.6 is 0 Å². The Kier molecular flexibility index (Phi) is 3.55. The second-order valence-electron chi connectivity index (χ2n) is 4.34. The largest absolute Gasteiger partial charge is 0.416 e. The second-order valence-corrected chi connectivity index (χ2v) is 4.34. The van der Waals surface area contributed by atoms with Crippen LogP contribution in [0.5, 0.6) is 0 Å². The Labute approximate surface area is 99.2 Å². The molecule has 0 bridgehead atoms. The smallest absolute Gasteiger partial charge is 0.166 e. The molecule has 0 atom stereocenters.